The third-order valence-corrected chi connectivity index (χ3v) is 8.22. The predicted molar refractivity (Wildman–Crippen MR) is 151 cm³/mol. The molecule has 0 spiro atoms. The number of ether oxygens (including phenoxy) is 2. The Morgan fingerprint density at radius 2 is 1.85 bits per heavy atom. The minimum atomic E-state index is -0.873. The zero-order valence-electron chi connectivity index (χ0n) is 21.9. The highest BCUT2D eigenvalue weighted by atomic mass is 35.5. The number of esters is 1. The molecule has 0 bridgehead atoms. The first kappa shape index (κ1) is 27.1. The topological polar surface area (TPSA) is 90.2 Å². The fourth-order valence-corrected chi connectivity index (χ4v) is 6.33. The van der Waals surface area contributed by atoms with E-state index in [4.69, 9.17) is 21.1 Å². The summed E-state index contributed by atoms with van der Waals surface area (Å²) in [4.78, 5) is 48.0. The summed E-state index contributed by atoms with van der Waals surface area (Å²) in [6, 6.07) is 13.7. The van der Waals surface area contributed by atoms with Crippen molar-refractivity contribution in [3.63, 3.8) is 0 Å². The molecule has 1 atom stereocenters. The highest BCUT2D eigenvalue weighted by Crippen LogP contribution is 2.37. The van der Waals surface area contributed by atoms with E-state index >= 15 is 0 Å². The lowest BCUT2D eigenvalue weighted by atomic mass is 9.96. The van der Waals surface area contributed by atoms with Crippen LogP contribution in [-0.2, 0) is 19.1 Å². The smallest absolute Gasteiger partial charge is 0.338 e. The minimum absolute atomic E-state index is 0.0504. The van der Waals surface area contributed by atoms with Crippen molar-refractivity contribution in [2.45, 2.75) is 32.7 Å². The van der Waals surface area contributed by atoms with Crippen LogP contribution < -0.4 is 19.8 Å². The van der Waals surface area contributed by atoms with Crippen molar-refractivity contribution >= 4 is 46.1 Å². The van der Waals surface area contributed by atoms with Gasteiger partial charge in [0.15, 0.2) is 4.80 Å². The first-order chi connectivity index (χ1) is 18.9. The summed E-state index contributed by atoms with van der Waals surface area (Å²) >= 11 is 7.75. The molecule has 2 aliphatic rings. The summed E-state index contributed by atoms with van der Waals surface area (Å²) in [5, 5.41) is 0.394. The number of halogens is 1. The summed E-state index contributed by atoms with van der Waals surface area (Å²) < 4.78 is 12.2. The van der Waals surface area contributed by atoms with Gasteiger partial charge in [0.05, 0.1) is 29.1 Å². The van der Waals surface area contributed by atoms with E-state index in [-0.39, 0.29) is 29.2 Å². The van der Waals surface area contributed by atoms with Crippen LogP contribution in [0, 0.1) is 0 Å². The number of carbonyl (C=O) groups excluding carboxylic acids is 2. The second-order valence-electron chi connectivity index (χ2n) is 9.26. The Labute approximate surface area is 234 Å². The molecule has 0 fully saturated rings. The number of methoxy groups -OCH3 is 1. The number of benzene rings is 2. The number of amides is 1. The number of para-hydroxylation sites is 1. The number of hydrogen-bond donors (Lipinski definition) is 0. The van der Waals surface area contributed by atoms with E-state index in [0.717, 1.165) is 29.9 Å². The number of rotatable bonds is 8. The van der Waals surface area contributed by atoms with E-state index in [9.17, 15) is 14.4 Å². The molecule has 1 amide bonds. The van der Waals surface area contributed by atoms with Crippen molar-refractivity contribution in [1.82, 2.24) is 4.57 Å². The number of anilines is 1. The number of hydrogen-bond acceptors (Lipinski definition) is 7. The Hall–Kier alpha value is -3.53. The lowest BCUT2D eigenvalue weighted by molar-refractivity contribution is -0.140. The van der Waals surface area contributed by atoms with Crippen LogP contribution in [0.1, 0.15) is 43.9 Å². The zero-order valence-corrected chi connectivity index (χ0v) is 23.5. The first-order valence-corrected chi connectivity index (χ1v) is 13.9. The maximum Gasteiger partial charge on any atom is 0.338 e. The summed E-state index contributed by atoms with van der Waals surface area (Å²) in [6.07, 6.45) is 1.78. The van der Waals surface area contributed by atoms with Crippen LogP contribution in [0.3, 0.4) is 0 Å². The van der Waals surface area contributed by atoms with Crippen LogP contribution in [0.4, 0.5) is 5.69 Å². The average molecular weight is 566 g/mol. The Bertz CT molecular complexity index is 1670. The van der Waals surface area contributed by atoms with Gasteiger partial charge >= 0.3 is 5.97 Å². The van der Waals surface area contributed by atoms with Gasteiger partial charge in [0.2, 0.25) is 0 Å². The van der Waals surface area contributed by atoms with Gasteiger partial charge in [0, 0.05) is 24.2 Å². The number of unbranched alkanes of at least 4 members (excludes halogenated alkanes) is 1. The van der Waals surface area contributed by atoms with Gasteiger partial charge in [-0.15, -0.1) is 0 Å². The quantitative estimate of drug-likeness (QED) is 0.307. The van der Waals surface area contributed by atoms with Crippen LogP contribution >= 0.6 is 22.9 Å². The van der Waals surface area contributed by atoms with Crippen LogP contribution in [0.15, 0.2) is 69.6 Å². The average Bonchev–Trinajstić information content (AvgIpc) is 3.39. The molecule has 3 aromatic rings. The molecule has 202 valence electrons. The zero-order chi connectivity index (χ0) is 27.7. The number of nitrogens with zero attached hydrogens (tertiary/aromatic N) is 3. The molecule has 0 unspecified atom stereocenters. The summed E-state index contributed by atoms with van der Waals surface area (Å²) in [5.41, 5.74) is 2.65. The second kappa shape index (κ2) is 11.3. The van der Waals surface area contributed by atoms with E-state index in [1.165, 1.54) is 11.7 Å². The Kier molecular flexibility index (Phi) is 7.83. The van der Waals surface area contributed by atoms with E-state index in [1.54, 1.807) is 36.1 Å². The Morgan fingerprint density at radius 3 is 2.59 bits per heavy atom. The van der Waals surface area contributed by atoms with Gasteiger partial charge in [-0.1, -0.05) is 72.7 Å². The number of fused-ring (bicyclic) bond motifs is 2. The Balaban J connectivity index is 1.75. The number of carbonyl (C=O) groups is 2. The molecule has 8 nitrogen and oxygen atoms in total. The van der Waals surface area contributed by atoms with Crippen molar-refractivity contribution in [1.29, 1.82) is 0 Å². The molecule has 3 heterocycles. The third kappa shape index (κ3) is 4.75. The largest absolute Gasteiger partial charge is 0.460 e. The van der Waals surface area contributed by atoms with Gasteiger partial charge < -0.3 is 14.4 Å². The lowest BCUT2D eigenvalue weighted by Crippen LogP contribution is -2.41. The second-order valence-corrected chi connectivity index (χ2v) is 10.6. The van der Waals surface area contributed by atoms with Crippen LogP contribution in [0.5, 0.6) is 0 Å². The summed E-state index contributed by atoms with van der Waals surface area (Å²) in [7, 11) is 1.52. The molecule has 2 aliphatic heterocycles. The monoisotopic (exact) mass is 565 g/mol. The normalized spacial score (nSPS) is 17.7. The first-order valence-electron chi connectivity index (χ1n) is 12.8. The van der Waals surface area contributed by atoms with Gasteiger partial charge in [0.1, 0.15) is 17.2 Å². The number of allylic oxidation sites excluding steroid dienone is 1. The van der Waals surface area contributed by atoms with E-state index in [2.05, 4.69) is 11.9 Å². The molecule has 2 aromatic carbocycles. The molecule has 10 heteroatoms. The van der Waals surface area contributed by atoms with Gasteiger partial charge in [-0.25, -0.2) is 9.79 Å². The Morgan fingerprint density at radius 1 is 1.10 bits per heavy atom. The minimum Gasteiger partial charge on any atom is -0.460 e. The van der Waals surface area contributed by atoms with Crippen molar-refractivity contribution in [2.75, 3.05) is 31.8 Å². The molecule has 0 N–H and O–H groups in total. The van der Waals surface area contributed by atoms with Crippen molar-refractivity contribution in [2.24, 2.45) is 4.99 Å². The molecule has 5 rings (SSSR count). The number of thiazole rings is 1. The van der Waals surface area contributed by atoms with Crippen LogP contribution in [0.25, 0.3) is 5.57 Å². The van der Waals surface area contributed by atoms with Crippen LogP contribution in [-0.4, -0.2) is 43.3 Å². The highest BCUT2D eigenvalue weighted by Gasteiger charge is 2.37. The molecule has 0 saturated carbocycles. The van der Waals surface area contributed by atoms with Crippen molar-refractivity contribution in [3.8, 4) is 0 Å². The molecule has 0 saturated heterocycles. The molecule has 39 heavy (non-hydrogen) atoms. The molecule has 1 aromatic heterocycles. The lowest BCUT2D eigenvalue weighted by Gasteiger charge is -2.25. The summed E-state index contributed by atoms with van der Waals surface area (Å²) in [6.45, 7) is 4.62. The SMILES string of the molecule is CCCCN1C(=O)/C(=c2\sc3n(c2=O)[C@H](c2ccccc2Cl)C(C(=O)OCCOC)=C(C)N=3)c2ccccc21. The van der Waals surface area contributed by atoms with Crippen molar-refractivity contribution < 1.29 is 19.1 Å². The maximum absolute atomic E-state index is 14.2. The number of aromatic nitrogens is 1. The van der Waals surface area contributed by atoms with Gasteiger partial charge in [-0.2, -0.15) is 0 Å². The third-order valence-electron chi connectivity index (χ3n) is 6.82. The predicted octanol–water partition coefficient (Wildman–Crippen LogP) is 3.60. The highest BCUT2D eigenvalue weighted by molar-refractivity contribution is 7.07. The van der Waals surface area contributed by atoms with Crippen molar-refractivity contribution in [3.05, 3.63) is 95.6 Å². The molecule has 0 radical (unpaired) electrons. The molecular formula is C29H28ClN3O5S. The van der Waals surface area contributed by atoms with Gasteiger partial charge in [0.25, 0.3) is 11.5 Å². The van der Waals surface area contributed by atoms with E-state index in [0.29, 0.717) is 38.8 Å². The van der Waals surface area contributed by atoms with Gasteiger partial charge in [-0.3, -0.25) is 14.2 Å². The fraction of sp³-hybridized carbons (Fsp3) is 0.310. The van der Waals surface area contributed by atoms with Gasteiger partial charge in [-0.05, 0) is 31.0 Å². The summed E-state index contributed by atoms with van der Waals surface area (Å²) in [5.74, 6) is -0.816. The van der Waals surface area contributed by atoms with E-state index < -0.39 is 17.6 Å². The standard InChI is InChI=1S/C29H28ClN3O5S/c1-4-5-14-32-21-13-9-7-11-19(21)23(26(32)34)25-27(35)33-24(18-10-6-8-12-20(18)30)22(17(2)31-29(33)39-25)28(36)38-16-15-37-3/h6-13,24H,4-5,14-16H2,1-3H3/b25-23-/t24-/m1/s1. The van der Waals surface area contributed by atoms with Crippen LogP contribution in [0.2, 0.25) is 5.02 Å². The molecule has 0 aliphatic carbocycles. The molecular weight excluding hydrogens is 538 g/mol. The maximum atomic E-state index is 14.2. The van der Waals surface area contributed by atoms with E-state index in [1.807, 2.05) is 24.3 Å². The fourth-order valence-electron chi connectivity index (χ4n) is 4.96.